The number of rotatable bonds is 12. The maximum absolute atomic E-state index is 12.5. The van der Waals surface area contributed by atoms with Crippen LogP contribution in [-0.2, 0) is 16.0 Å². The first-order valence-electron chi connectivity index (χ1n) is 11.3. The Balaban J connectivity index is 1.47. The van der Waals surface area contributed by atoms with Gasteiger partial charge in [-0.3, -0.25) is 9.59 Å². The molecule has 0 aliphatic heterocycles. The lowest BCUT2D eigenvalue weighted by Crippen LogP contribution is -2.22. The van der Waals surface area contributed by atoms with Gasteiger partial charge in [-0.1, -0.05) is 61.9 Å². The van der Waals surface area contributed by atoms with E-state index in [0.29, 0.717) is 36.6 Å². The molecule has 0 saturated carbocycles. The lowest BCUT2D eigenvalue weighted by atomic mass is 10.1. The minimum absolute atomic E-state index is 0.0478. The normalized spacial score (nSPS) is 10.3. The summed E-state index contributed by atoms with van der Waals surface area (Å²) < 4.78 is 5.77. The van der Waals surface area contributed by atoms with Crippen LogP contribution in [0.4, 0.5) is 17.1 Å². The fraction of sp³-hybridized carbons (Fsp3) is 0.259. The molecule has 0 aromatic heterocycles. The number of carbonyl (C=O) groups excluding carboxylic acids is 2. The van der Waals surface area contributed by atoms with Gasteiger partial charge in [0.05, 0.1) is 18.8 Å². The molecule has 33 heavy (non-hydrogen) atoms. The van der Waals surface area contributed by atoms with Crippen LogP contribution >= 0.6 is 0 Å². The predicted octanol–water partition coefficient (Wildman–Crippen LogP) is 5.49. The Hall–Kier alpha value is -3.80. The van der Waals surface area contributed by atoms with Crippen molar-refractivity contribution in [2.24, 2.45) is 0 Å². The average molecular weight is 446 g/mol. The zero-order chi connectivity index (χ0) is 23.3. The molecule has 0 unspecified atom stereocenters. The van der Waals surface area contributed by atoms with Crippen molar-refractivity contribution in [2.75, 3.05) is 29.1 Å². The van der Waals surface area contributed by atoms with Crippen molar-refractivity contribution >= 4 is 28.9 Å². The Bertz CT molecular complexity index is 1040. The molecule has 0 atom stereocenters. The monoisotopic (exact) mass is 445 g/mol. The van der Waals surface area contributed by atoms with E-state index in [2.05, 4.69) is 22.9 Å². The highest BCUT2D eigenvalue weighted by molar-refractivity contribution is 5.95. The van der Waals surface area contributed by atoms with Crippen LogP contribution in [0.5, 0.6) is 5.75 Å². The third kappa shape index (κ3) is 8.33. The highest BCUT2D eigenvalue weighted by Gasteiger charge is 2.08. The van der Waals surface area contributed by atoms with Crippen molar-refractivity contribution in [1.82, 2.24) is 0 Å². The maximum Gasteiger partial charge on any atom is 0.243 e. The van der Waals surface area contributed by atoms with E-state index in [1.165, 1.54) is 0 Å². The average Bonchev–Trinajstić information content (AvgIpc) is 2.84. The van der Waals surface area contributed by atoms with Crippen molar-refractivity contribution in [1.29, 1.82) is 0 Å². The first-order valence-corrected chi connectivity index (χ1v) is 11.3. The van der Waals surface area contributed by atoms with Crippen LogP contribution in [0.1, 0.15) is 31.7 Å². The Morgan fingerprint density at radius 2 is 1.58 bits per heavy atom. The van der Waals surface area contributed by atoms with Crippen molar-refractivity contribution in [2.45, 2.75) is 32.6 Å². The van der Waals surface area contributed by atoms with E-state index in [9.17, 15) is 9.59 Å². The number of unbranched alkanes of at least 4 members (excludes halogenated alkanes) is 1. The molecular weight excluding hydrogens is 414 g/mol. The maximum atomic E-state index is 12.5. The van der Waals surface area contributed by atoms with E-state index in [1.807, 2.05) is 78.9 Å². The summed E-state index contributed by atoms with van der Waals surface area (Å²) in [4.78, 5) is 24.7. The molecule has 0 saturated heterocycles. The van der Waals surface area contributed by atoms with Crippen molar-refractivity contribution in [3.8, 4) is 5.75 Å². The molecule has 0 fully saturated rings. The van der Waals surface area contributed by atoms with Gasteiger partial charge in [-0.2, -0.15) is 0 Å². The van der Waals surface area contributed by atoms with Gasteiger partial charge in [-0.05, 0) is 48.7 Å². The third-order valence-corrected chi connectivity index (χ3v) is 5.00. The van der Waals surface area contributed by atoms with Gasteiger partial charge < -0.3 is 20.7 Å². The molecule has 2 amide bonds. The van der Waals surface area contributed by atoms with Gasteiger partial charge in [0.25, 0.3) is 0 Å². The zero-order valence-electron chi connectivity index (χ0n) is 19.0. The minimum atomic E-state index is -0.182. The number of anilines is 3. The Morgan fingerprint density at radius 1 is 0.818 bits per heavy atom. The second kappa shape index (κ2) is 12.9. The number of carbonyl (C=O) groups is 2. The number of nitrogens with one attached hydrogen (secondary N) is 3. The van der Waals surface area contributed by atoms with Gasteiger partial charge in [0.2, 0.25) is 11.8 Å². The fourth-order valence-corrected chi connectivity index (χ4v) is 3.23. The van der Waals surface area contributed by atoms with Crippen LogP contribution in [0.15, 0.2) is 78.9 Å². The van der Waals surface area contributed by atoms with Gasteiger partial charge in [-0.15, -0.1) is 0 Å². The molecule has 0 aliphatic carbocycles. The third-order valence-electron chi connectivity index (χ3n) is 5.00. The predicted molar refractivity (Wildman–Crippen MR) is 134 cm³/mol. The zero-order valence-corrected chi connectivity index (χ0v) is 19.0. The molecule has 0 radical (unpaired) electrons. The number of para-hydroxylation sites is 2. The molecule has 6 heteroatoms. The quantitative estimate of drug-likeness (QED) is 0.322. The number of hydrogen-bond acceptors (Lipinski definition) is 4. The molecular formula is C27H31N3O3. The number of amides is 2. The number of hydrogen-bond donors (Lipinski definition) is 3. The minimum Gasteiger partial charge on any atom is -0.491 e. The van der Waals surface area contributed by atoms with E-state index in [0.717, 1.165) is 24.1 Å². The lowest BCUT2D eigenvalue weighted by molar-refractivity contribution is -0.116. The van der Waals surface area contributed by atoms with E-state index in [4.69, 9.17) is 4.74 Å². The second-order valence-electron chi connectivity index (χ2n) is 7.71. The van der Waals surface area contributed by atoms with E-state index in [-0.39, 0.29) is 18.4 Å². The van der Waals surface area contributed by atoms with Gasteiger partial charge in [0, 0.05) is 17.8 Å². The summed E-state index contributed by atoms with van der Waals surface area (Å²) in [5, 5.41) is 8.91. The van der Waals surface area contributed by atoms with Crippen LogP contribution in [-0.4, -0.2) is 25.0 Å². The first-order chi connectivity index (χ1) is 16.1. The molecule has 3 N–H and O–H groups in total. The van der Waals surface area contributed by atoms with Crippen molar-refractivity contribution in [3.63, 3.8) is 0 Å². The number of benzene rings is 3. The fourth-order valence-electron chi connectivity index (χ4n) is 3.23. The summed E-state index contributed by atoms with van der Waals surface area (Å²) in [5.41, 5.74) is 3.22. The molecule has 0 aliphatic rings. The summed E-state index contributed by atoms with van der Waals surface area (Å²) in [6, 6.07) is 24.7. The first kappa shape index (κ1) is 23.9. The molecule has 3 rings (SSSR count). The van der Waals surface area contributed by atoms with Crippen molar-refractivity contribution in [3.05, 3.63) is 84.4 Å². The Morgan fingerprint density at radius 3 is 2.39 bits per heavy atom. The summed E-state index contributed by atoms with van der Waals surface area (Å²) in [7, 11) is 0. The van der Waals surface area contributed by atoms with Gasteiger partial charge in [0.15, 0.2) is 0 Å². The van der Waals surface area contributed by atoms with Crippen LogP contribution in [0.2, 0.25) is 0 Å². The summed E-state index contributed by atoms with van der Waals surface area (Å²) in [5.74, 6) is 0.437. The highest BCUT2D eigenvalue weighted by Crippen LogP contribution is 2.24. The van der Waals surface area contributed by atoms with Crippen molar-refractivity contribution < 1.29 is 14.3 Å². The van der Waals surface area contributed by atoms with Gasteiger partial charge in [0.1, 0.15) is 5.75 Å². The summed E-state index contributed by atoms with van der Waals surface area (Å²) in [6.07, 6.45) is 3.10. The van der Waals surface area contributed by atoms with E-state index in [1.54, 1.807) is 0 Å². The van der Waals surface area contributed by atoms with Crippen LogP contribution in [0.25, 0.3) is 0 Å². The van der Waals surface area contributed by atoms with Crippen LogP contribution in [0.3, 0.4) is 0 Å². The second-order valence-corrected chi connectivity index (χ2v) is 7.71. The summed E-state index contributed by atoms with van der Waals surface area (Å²) >= 11 is 0. The Labute approximate surface area is 195 Å². The van der Waals surface area contributed by atoms with Gasteiger partial charge >= 0.3 is 0 Å². The molecule has 6 nitrogen and oxygen atoms in total. The molecule has 3 aromatic carbocycles. The Kier molecular flexibility index (Phi) is 9.33. The van der Waals surface area contributed by atoms with Crippen LogP contribution < -0.4 is 20.7 Å². The molecule has 0 spiro atoms. The van der Waals surface area contributed by atoms with E-state index < -0.39 is 0 Å². The van der Waals surface area contributed by atoms with E-state index >= 15 is 0 Å². The topological polar surface area (TPSA) is 79.5 Å². The molecule has 3 aromatic rings. The number of aryl methyl sites for hydroxylation is 1. The highest BCUT2D eigenvalue weighted by atomic mass is 16.5. The number of ether oxygens (including phenoxy) is 1. The molecule has 0 heterocycles. The summed E-state index contributed by atoms with van der Waals surface area (Å²) in [6.45, 7) is 2.81. The lowest BCUT2D eigenvalue weighted by Gasteiger charge is -2.13. The molecule has 172 valence electrons. The van der Waals surface area contributed by atoms with Gasteiger partial charge in [-0.25, -0.2) is 0 Å². The SMILES string of the molecule is CCCCOc1ccccc1NC(=O)CNc1cccc(NC(=O)CCc2ccccc2)c1. The molecule has 0 bridgehead atoms. The standard InChI is InChI=1S/C27H31N3O3/c1-2-3-18-33-25-15-8-7-14-24(25)30-27(32)20-28-22-12-9-13-23(19-22)29-26(31)17-16-21-10-5-4-6-11-21/h4-15,19,28H,2-3,16-18,20H2,1H3,(H,29,31)(H,30,32). The smallest absolute Gasteiger partial charge is 0.243 e. The van der Waals surface area contributed by atoms with Crippen LogP contribution in [0, 0.1) is 0 Å². The largest absolute Gasteiger partial charge is 0.491 e.